The van der Waals surface area contributed by atoms with Crippen LogP contribution >= 0.6 is 0 Å². The molecule has 0 saturated heterocycles. The van der Waals surface area contributed by atoms with Crippen molar-refractivity contribution < 1.29 is 4.42 Å². The lowest BCUT2D eigenvalue weighted by atomic mass is 9.92. The van der Waals surface area contributed by atoms with Crippen molar-refractivity contribution in [2.75, 3.05) is 4.90 Å². The first-order chi connectivity index (χ1) is 27.7. The van der Waals surface area contributed by atoms with Crippen LogP contribution in [0.15, 0.2) is 217 Å². The molecule has 0 saturated carbocycles. The molecular formula is C54H35NO. The molecule has 0 N–H and O–H groups in total. The minimum absolute atomic E-state index is 0.864. The number of para-hydroxylation sites is 1. The van der Waals surface area contributed by atoms with Gasteiger partial charge in [-0.05, 0) is 109 Å². The highest BCUT2D eigenvalue weighted by molar-refractivity contribution is 6.14. The monoisotopic (exact) mass is 713 g/mol. The van der Waals surface area contributed by atoms with Gasteiger partial charge in [0.2, 0.25) is 0 Å². The maximum absolute atomic E-state index is 6.60. The van der Waals surface area contributed by atoms with Crippen molar-refractivity contribution in [2.24, 2.45) is 0 Å². The second-order valence-electron chi connectivity index (χ2n) is 14.5. The van der Waals surface area contributed by atoms with Crippen molar-refractivity contribution in [3.8, 4) is 33.4 Å². The molecule has 0 spiro atoms. The molecule has 2 heteroatoms. The summed E-state index contributed by atoms with van der Waals surface area (Å²) in [6.45, 7) is 0. The Morgan fingerprint density at radius 1 is 0.286 bits per heavy atom. The SMILES string of the molecule is c1ccc(-c2ccc(N(c3ccc4c(c3)oc3cc5ccccc5cc34)c3ccccc3-c3ccc(-c4cc5ccccc5c5ccccc45)cc3)cc2)cc1. The standard InChI is InChI=1S/C54H35NO/c1-2-12-36(13-3-1)37-26-28-43(29-27-37)55(44-30-31-49-51-32-40-14-4-5-15-41(40)34-53(51)56-54(49)35-44)52-21-11-10-18-46(52)38-22-24-39(25-23-38)50-33-42-16-6-7-17-45(42)47-19-8-9-20-48(47)50/h1-35H. The van der Waals surface area contributed by atoms with E-state index < -0.39 is 0 Å². The fourth-order valence-electron chi connectivity index (χ4n) is 8.49. The summed E-state index contributed by atoms with van der Waals surface area (Å²) in [6.07, 6.45) is 0. The van der Waals surface area contributed by atoms with Crippen LogP contribution in [0.3, 0.4) is 0 Å². The molecule has 0 amide bonds. The van der Waals surface area contributed by atoms with Gasteiger partial charge < -0.3 is 9.32 Å². The summed E-state index contributed by atoms with van der Waals surface area (Å²) in [4.78, 5) is 2.36. The molecule has 0 bridgehead atoms. The first kappa shape index (κ1) is 32.0. The number of rotatable bonds is 6. The zero-order valence-electron chi connectivity index (χ0n) is 30.6. The van der Waals surface area contributed by atoms with Gasteiger partial charge in [0.05, 0.1) is 5.69 Å². The third-order valence-electron chi connectivity index (χ3n) is 11.2. The van der Waals surface area contributed by atoms with Crippen LogP contribution in [0.25, 0.3) is 87.6 Å². The van der Waals surface area contributed by atoms with E-state index in [1.165, 1.54) is 54.6 Å². The number of fused-ring (bicyclic) bond motifs is 7. The average molecular weight is 714 g/mol. The van der Waals surface area contributed by atoms with Crippen LogP contribution in [-0.4, -0.2) is 0 Å². The Morgan fingerprint density at radius 3 is 1.62 bits per heavy atom. The highest BCUT2D eigenvalue weighted by Crippen LogP contribution is 2.44. The zero-order chi connectivity index (χ0) is 37.0. The van der Waals surface area contributed by atoms with Crippen molar-refractivity contribution in [1.82, 2.24) is 0 Å². The molecule has 11 rings (SSSR count). The summed E-state index contributed by atoms with van der Waals surface area (Å²) >= 11 is 0. The number of anilines is 3. The lowest BCUT2D eigenvalue weighted by molar-refractivity contribution is 0.669. The van der Waals surface area contributed by atoms with Crippen LogP contribution < -0.4 is 4.90 Å². The highest BCUT2D eigenvalue weighted by atomic mass is 16.3. The Labute approximate surface area is 325 Å². The molecule has 262 valence electrons. The van der Waals surface area contributed by atoms with Gasteiger partial charge in [0.25, 0.3) is 0 Å². The van der Waals surface area contributed by atoms with E-state index in [4.69, 9.17) is 4.42 Å². The summed E-state index contributed by atoms with van der Waals surface area (Å²) in [5, 5.41) is 9.69. The summed E-state index contributed by atoms with van der Waals surface area (Å²) in [5.74, 6) is 0. The molecule has 1 aromatic heterocycles. The second-order valence-corrected chi connectivity index (χ2v) is 14.5. The molecular weight excluding hydrogens is 679 g/mol. The number of furan rings is 1. The van der Waals surface area contributed by atoms with Crippen molar-refractivity contribution in [1.29, 1.82) is 0 Å². The van der Waals surface area contributed by atoms with E-state index in [0.29, 0.717) is 0 Å². The maximum atomic E-state index is 6.60. The normalized spacial score (nSPS) is 11.6. The molecule has 2 nitrogen and oxygen atoms in total. The van der Waals surface area contributed by atoms with Crippen LogP contribution in [0.1, 0.15) is 0 Å². The topological polar surface area (TPSA) is 16.4 Å². The minimum Gasteiger partial charge on any atom is -0.456 e. The molecule has 0 aliphatic carbocycles. The third-order valence-corrected chi connectivity index (χ3v) is 11.2. The molecule has 0 unspecified atom stereocenters. The van der Waals surface area contributed by atoms with Crippen molar-refractivity contribution in [3.05, 3.63) is 212 Å². The molecule has 56 heavy (non-hydrogen) atoms. The second kappa shape index (κ2) is 13.2. The fraction of sp³-hybridized carbons (Fsp3) is 0. The first-order valence-electron chi connectivity index (χ1n) is 19.2. The summed E-state index contributed by atoms with van der Waals surface area (Å²) in [7, 11) is 0. The predicted octanol–water partition coefficient (Wildman–Crippen LogP) is 15.5. The Balaban J connectivity index is 1.05. The quantitative estimate of drug-likeness (QED) is 0.160. The van der Waals surface area contributed by atoms with Gasteiger partial charge in [-0.15, -0.1) is 0 Å². The third kappa shape index (κ3) is 5.42. The molecule has 0 aliphatic rings. The predicted molar refractivity (Wildman–Crippen MR) is 237 cm³/mol. The Hall–Kier alpha value is -7.42. The maximum Gasteiger partial charge on any atom is 0.137 e. The average Bonchev–Trinajstić information content (AvgIpc) is 3.62. The van der Waals surface area contributed by atoms with Gasteiger partial charge in [0.1, 0.15) is 11.2 Å². The lowest BCUT2D eigenvalue weighted by Crippen LogP contribution is -2.11. The van der Waals surface area contributed by atoms with Gasteiger partial charge in [0.15, 0.2) is 0 Å². The van der Waals surface area contributed by atoms with E-state index in [1.54, 1.807) is 0 Å². The van der Waals surface area contributed by atoms with E-state index in [0.717, 1.165) is 50.1 Å². The van der Waals surface area contributed by atoms with Crippen LogP contribution in [0.4, 0.5) is 17.1 Å². The summed E-state index contributed by atoms with van der Waals surface area (Å²) in [6, 6.07) is 76.5. The van der Waals surface area contributed by atoms with Gasteiger partial charge >= 0.3 is 0 Å². The van der Waals surface area contributed by atoms with E-state index in [2.05, 4.69) is 217 Å². The van der Waals surface area contributed by atoms with Crippen LogP contribution in [0.2, 0.25) is 0 Å². The van der Waals surface area contributed by atoms with E-state index in [1.807, 2.05) is 0 Å². The van der Waals surface area contributed by atoms with Gasteiger partial charge in [-0.2, -0.15) is 0 Å². The number of hydrogen-bond donors (Lipinski definition) is 0. The minimum atomic E-state index is 0.864. The van der Waals surface area contributed by atoms with E-state index in [9.17, 15) is 0 Å². The Bertz CT molecular complexity index is 3230. The van der Waals surface area contributed by atoms with E-state index >= 15 is 0 Å². The van der Waals surface area contributed by atoms with Gasteiger partial charge in [-0.3, -0.25) is 0 Å². The molecule has 0 aliphatic heterocycles. The van der Waals surface area contributed by atoms with Crippen molar-refractivity contribution in [3.63, 3.8) is 0 Å². The molecule has 0 radical (unpaired) electrons. The van der Waals surface area contributed by atoms with Crippen LogP contribution in [0, 0.1) is 0 Å². The lowest BCUT2D eigenvalue weighted by Gasteiger charge is -2.28. The number of benzene rings is 10. The molecule has 1 heterocycles. The van der Waals surface area contributed by atoms with Crippen molar-refractivity contribution in [2.45, 2.75) is 0 Å². The largest absolute Gasteiger partial charge is 0.456 e. The van der Waals surface area contributed by atoms with Gasteiger partial charge in [0, 0.05) is 33.8 Å². The summed E-state index contributed by atoms with van der Waals surface area (Å²) in [5.41, 5.74) is 12.1. The summed E-state index contributed by atoms with van der Waals surface area (Å²) < 4.78 is 6.60. The smallest absolute Gasteiger partial charge is 0.137 e. The first-order valence-corrected chi connectivity index (χ1v) is 19.2. The molecule has 0 atom stereocenters. The number of nitrogens with zero attached hydrogens (tertiary/aromatic N) is 1. The fourth-order valence-corrected chi connectivity index (χ4v) is 8.49. The van der Waals surface area contributed by atoms with Gasteiger partial charge in [-0.25, -0.2) is 0 Å². The Kier molecular flexibility index (Phi) is 7.53. The van der Waals surface area contributed by atoms with E-state index in [-0.39, 0.29) is 0 Å². The van der Waals surface area contributed by atoms with Crippen LogP contribution in [0.5, 0.6) is 0 Å². The number of hydrogen-bond acceptors (Lipinski definition) is 2. The zero-order valence-corrected chi connectivity index (χ0v) is 30.6. The van der Waals surface area contributed by atoms with Crippen molar-refractivity contribution >= 4 is 71.3 Å². The molecule has 10 aromatic carbocycles. The van der Waals surface area contributed by atoms with Crippen LogP contribution in [-0.2, 0) is 0 Å². The molecule has 11 aromatic rings. The highest BCUT2D eigenvalue weighted by Gasteiger charge is 2.20. The molecule has 0 fully saturated rings. The van der Waals surface area contributed by atoms with Gasteiger partial charge in [-0.1, -0.05) is 158 Å². The Morgan fingerprint density at radius 2 is 0.839 bits per heavy atom.